The fourth-order valence-electron chi connectivity index (χ4n) is 1.97. The zero-order valence-corrected chi connectivity index (χ0v) is 14.1. The highest BCUT2D eigenvalue weighted by Crippen LogP contribution is 2.05. The number of nitrogens with one attached hydrogen (secondary N) is 3. The topological polar surface area (TPSA) is 65.5 Å². The van der Waals surface area contributed by atoms with Gasteiger partial charge in [-0.25, -0.2) is 0 Å². The standard InChI is InChI=1S/C17H28N4O/c1-5-19-16(22)15-8-6-7-14(11-15)12-21-17(18-4)20-10-9-13(2)3/h6-8,11,13H,5,9-10,12H2,1-4H3,(H,19,22)(H2,18,20,21). The lowest BCUT2D eigenvalue weighted by molar-refractivity contribution is 0.0955. The van der Waals surface area contributed by atoms with Crippen molar-refractivity contribution in [2.45, 2.75) is 33.7 Å². The number of rotatable bonds is 7. The van der Waals surface area contributed by atoms with Crippen molar-refractivity contribution in [1.82, 2.24) is 16.0 Å². The normalized spacial score (nSPS) is 11.4. The van der Waals surface area contributed by atoms with Gasteiger partial charge in [0.05, 0.1) is 0 Å². The number of aliphatic imine (C=N–C) groups is 1. The molecular formula is C17H28N4O. The first kappa shape index (κ1) is 18.0. The molecule has 5 nitrogen and oxygen atoms in total. The van der Waals surface area contributed by atoms with Crippen LogP contribution in [0.2, 0.25) is 0 Å². The SMILES string of the molecule is CCNC(=O)c1cccc(CNC(=NC)NCCC(C)C)c1. The Kier molecular flexibility index (Phi) is 8.04. The molecule has 0 radical (unpaired) electrons. The lowest BCUT2D eigenvalue weighted by Gasteiger charge is -2.13. The maximum absolute atomic E-state index is 11.8. The second-order valence-corrected chi connectivity index (χ2v) is 5.59. The molecule has 0 heterocycles. The van der Waals surface area contributed by atoms with Crippen LogP contribution in [0, 0.1) is 5.92 Å². The average Bonchev–Trinajstić information content (AvgIpc) is 2.51. The summed E-state index contributed by atoms with van der Waals surface area (Å²) in [4.78, 5) is 16.0. The minimum atomic E-state index is -0.0382. The third kappa shape index (κ3) is 6.61. The van der Waals surface area contributed by atoms with E-state index in [1.165, 1.54) is 0 Å². The van der Waals surface area contributed by atoms with Crippen LogP contribution in [0.3, 0.4) is 0 Å². The summed E-state index contributed by atoms with van der Waals surface area (Å²) in [5, 5.41) is 9.36. The van der Waals surface area contributed by atoms with Crippen molar-refractivity contribution in [3.8, 4) is 0 Å². The van der Waals surface area contributed by atoms with E-state index in [-0.39, 0.29) is 5.91 Å². The zero-order chi connectivity index (χ0) is 16.4. The molecule has 1 rings (SSSR count). The van der Waals surface area contributed by atoms with E-state index >= 15 is 0 Å². The van der Waals surface area contributed by atoms with Gasteiger partial charge in [-0.1, -0.05) is 26.0 Å². The molecule has 0 aromatic heterocycles. The van der Waals surface area contributed by atoms with Gasteiger partial charge in [0.1, 0.15) is 0 Å². The molecular weight excluding hydrogens is 276 g/mol. The maximum Gasteiger partial charge on any atom is 0.251 e. The predicted molar refractivity (Wildman–Crippen MR) is 92.1 cm³/mol. The Morgan fingerprint density at radius 3 is 2.64 bits per heavy atom. The Labute approximate surface area is 133 Å². The molecule has 0 bridgehead atoms. The van der Waals surface area contributed by atoms with Crippen LogP contribution in [0.1, 0.15) is 43.1 Å². The first-order valence-electron chi connectivity index (χ1n) is 7.88. The number of benzene rings is 1. The quantitative estimate of drug-likeness (QED) is 0.534. The van der Waals surface area contributed by atoms with Crippen LogP contribution in [0.4, 0.5) is 0 Å². The molecule has 5 heteroatoms. The Hall–Kier alpha value is -2.04. The second kappa shape index (κ2) is 9.82. The summed E-state index contributed by atoms with van der Waals surface area (Å²) >= 11 is 0. The van der Waals surface area contributed by atoms with Crippen molar-refractivity contribution < 1.29 is 4.79 Å². The van der Waals surface area contributed by atoms with Gasteiger partial charge < -0.3 is 16.0 Å². The molecule has 22 heavy (non-hydrogen) atoms. The molecule has 0 saturated heterocycles. The number of hydrogen-bond donors (Lipinski definition) is 3. The van der Waals surface area contributed by atoms with E-state index in [2.05, 4.69) is 34.8 Å². The predicted octanol–water partition coefficient (Wildman–Crippen LogP) is 2.15. The first-order chi connectivity index (χ1) is 10.6. The number of carbonyl (C=O) groups is 1. The fourth-order valence-corrected chi connectivity index (χ4v) is 1.97. The summed E-state index contributed by atoms with van der Waals surface area (Å²) in [5.41, 5.74) is 1.74. The van der Waals surface area contributed by atoms with Crippen molar-refractivity contribution in [1.29, 1.82) is 0 Å². The van der Waals surface area contributed by atoms with Crippen LogP contribution in [0.25, 0.3) is 0 Å². The Bertz CT molecular complexity index is 497. The van der Waals surface area contributed by atoms with Gasteiger partial charge in [0.25, 0.3) is 5.91 Å². The Morgan fingerprint density at radius 1 is 1.23 bits per heavy atom. The number of guanidine groups is 1. The van der Waals surface area contributed by atoms with Crippen molar-refractivity contribution in [2.24, 2.45) is 10.9 Å². The third-order valence-corrected chi connectivity index (χ3v) is 3.22. The molecule has 0 aliphatic heterocycles. The Morgan fingerprint density at radius 2 is 2.00 bits per heavy atom. The maximum atomic E-state index is 11.8. The summed E-state index contributed by atoms with van der Waals surface area (Å²) < 4.78 is 0. The van der Waals surface area contributed by atoms with E-state index in [1.54, 1.807) is 7.05 Å². The van der Waals surface area contributed by atoms with Crippen LogP contribution in [-0.2, 0) is 6.54 Å². The van der Waals surface area contributed by atoms with Gasteiger partial charge in [-0.2, -0.15) is 0 Å². The molecule has 122 valence electrons. The molecule has 0 unspecified atom stereocenters. The molecule has 1 aromatic rings. The van der Waals surface area contributed by atoms with Gasteiger partial charge in [0, 0.05) is 32.2 Å². The molecule has 3 N–H and O–H groups in total. The van der Waals surface area contributed by atoms with Crippen molar-refractivity contribution >= 4 is 11.9 Å². The highest BCUT2D eigenvalue weighted by atomic mass is 16.1. The summed E-state index contributed by atoms with van der Waals surface area (Å²) in [5.74, 6) is 1.41. The van der Waals surface area contributed by atoms with Gasteiger partial charge in [0.2, 0.25) is 0 Å². The zero-order valence-electron chi connectivity index (χ0n) is 14.1. The molecule has 0 aliphatic rings. The summed E-state index contributed by atoms with van der Waals surface area (Å²) in [7, 11) is 1.76. The summed E-state index contributed by atoms with van der Waals surface area (Å²) in [6.07, 6.45) is 1.10. The number of carbonyl (C=O) groups excluding carboxylic acids is 1. The fraction of sp³-hybridized carbons (Fsp3) is 0.529. The second-order valence-electron chi connectivity index (χ2n) is 5.59. The van der Waals surface area contributed by atoms with Crippen molar-refractivity contribution in [3.05, 3.63) is 35.4 Å². The summed E-state index contributed by atoms with van der Waals surface area (Å²) in [6.45, 7) is 8.48. The number of nitrogens with zero attached hydrogens (tertiary/aromatic N) is 1. The lowest BCUT2D eigenvalue weighted by atomic mass is 10.1. The lowest BCUT2D eigenvalue weighted by Crippen LogP contribution is -2.37. The highest BCUT2D eigenvalue weighted by molar-refractivity contribution is 5.94. The van der Waals surface area contributed by atoms with E-state index in [0.29, 0.717) is 24.6 Å². The van der Waals surface area contributed by atoms with E-state index in [9.17, 15) is 4.79 Å². The number of amides is 1. The molecule has 0 spiro atoms. The van der Waals surface area contributed by atoms with E-state index in [4.69, 9.17) is 0 Å². The van der Waals surface area contributed by atoms with Crippen LogP contribution in [-0.4, -0.2) is 32.0 Å². The van der Waals surface area contributed by atoms with E-state index in [1.807, 2.05) is 31.2 Å². The van der Waals surface area contributed by atoms with E-state index < -0.39 is 0 Å². The molecule has 0 atom stereocenters. The molecule has 1 aromatic carbocycles. The van der Waals surface area contributed by atoms with Crippen molar-refractivity contribution in [3.63, 3.8) is 0 Å². The van der Waals surface area contributed by atoms with Gasteiger partial charge in [-0.05, 0) is 37.0 Å². The smallest absolute Gasteiger partial charge is 0.251 e. The molecule has 0 aliphatic carbocycles. The van der Waals surface area contributed by atoms with Crippen LogP contribution < -0.4 is 16.0 Å². The average molecular weight is 304 g/mol. The highest BCUT2D eigenvalue weighted by Gasteiger charge is 2.05. The molecule has 0 fully saturated rings. The monoisotopic (exact) mass is 304 g/mol. The minimum absolute atomic E-state index is 0.0382. The number of hydrogen-bond acceptors (Lipinski definition) is 2. The molecule has 1 amide bonds. The van der Waals surface area contributed by atoms with Crippen LogP contribution in [0.5, 0.6) is 0 Å². The van der Waals surface area contributed by atoms with Gasteiger partial charge in [-0.3, -0.25) is 9.79 Å². The largest absolute Gasteiger partial charge is 0.356 e. The van der Waals surface area contributed by atoms with Gasteiger partial charge in [-0.15, -0.1) is 0 Å². The van der Waals surface area contributed by atoms with Crippen molar-refractivity contribution in [2.75, 3.05) is 20.1 Å². The van der Waals surface area contributed by atoms with E-state index in [0.717, 1.165) is 24.5 Å². The third-order valence-electron chi connectivity index (χ3n) is 3.22. The van der Waals surface area contributed by atoms with Crippen LogP contribution >= 0.6 is 0 Å². The molecule has 0 saturated carbocycles. The summed E-state index contributed by atoms with van der Waals surface area (Å²) in [6, 6.07) is 7.62. The Balaban J connectivity index is 2.52. The van der Waals surface area contributed by atoms with Crippen LogP contribution in [0.15, 0.2) is 29.3 Å². The first-order valence-corrected chi connectivity index (χ1v) is 7.88. The van der Waals surface area contributed by atoms with Gasteiger partial charge in [0.15, 0.2) is 5.96 Å². The van der Waals surface area contributed by atoms with Gasteiger partial charge >= 0.3 is 0 Å². The minimum Gasteiger partial charge on any atom is -0.356 e.